The molecule has 2 aromatic heterocycles. The molecule has 4 aromatic rings. The van der Waals surface area contributed by atoms with E-state index in [0.717, 1.165) is 0 Å². The Morgan fingerprint density at radius 1 is 0.957 bits per heavy atom. The minimum Gasteiger partial charge on any atom is -0.491 e. The lowest BCUT2D eigenvalue weighted by Gasteiger charge is -2.32. The summed E-state index contributed by atoms with van der Waals surface area (Å²) < 4.78 is 89.7. The molecule has 2 aliphatic rings. The average Bonchev–Trinajstić information content (AvgIpc) is 3.41. The zero-order valence-corrected chi connectivity index (χ0v) is 23.1. The van der Waals surface area contributed by atoms with Gasteiger partial charge < -0.3 is 34.4 Å². The third-order valence-corrected chi connectivity index (χ3v) is 7.29. The maximum Gasteiger partial charge on any atom is 0.490 e. The molecule has 12 nitrogen and oxygen atoms in total. The summed E-state index contributed by atoms with van der Waals surface area (Å²) in [6, 6.07) is 12.0. The third-order valence-electron chi connectivity index (χ3n) is 7.29. The predicted molar refractivity (Wildman–Crippen MR) is 141 cm³/mol. The molecule has 2 atom stereocenters. The maximum atomic E-state index is 14.0. The van der Waals surface area contributed by atoms with Crippen molar-refractivity contribution >= 4 is 11.9 Å². The number of fused-ring (bicyclic) bond motifs is 1. The maximum absolute atomic E-state index is 14.0. The van der Waals surface area contributed by atoms with Crippen molar-refractivity contribution in [3.8, 4) is 40.0 Å². The van der Waals surface area contributed by atoms with Gasteiger partial charge in [0.05, 0.1) is 11.5 Å². The second-order valence-electron chi connectivity index (χ2n) is 10.4. The quantitative estimate of drug-likeness (QED) is 0.197. The van der Waals surface area contributed by atoms with Crippen LogP contribution in [-0.4, -0.2) is 67.9 Å². The lowest BCUT2D eigenvalue weighted by atomic mass is 9.96. The molecule has 1 aliphatic carbocycles. The zero-order valence-electron chi connectivity index (χ0n) is 23.1. The number of benzene rings is 2. The van der Waals surface area contributed by atoms with E-state index < -0.39 is 64.8 Å². The highest BCUT2D eigenvalue weighted by Gasteiger charge is 2.50. The van der Waals surface area contributed by atoms with Crippen molar-refractivity contribution in [1.29, 1.82) is 0 Å². The standard InChI is InChI=1S/C26H21F3N4O6.C2HF3O2/c27-26(28,29)18-19(13-4-2-1-3-5-13)32-38-21(18)23-31-22(33-39-23)14-6-7-15-17(10-14)37-11-16(20(15)34)30-12-25(8-9-25)24(35)36;3-2(4,5)1(6)7/h1-7,10,16,20,30,34H,8-9,11-12H2,(H,35,36);(H,6,7)/t16-,20+;/m0./s1. The summed E-state index contributed by atoms with van der Waals surface area (Å²) in [5.74, 6) is -4.50. The van der Waals surface area contributed by atoms with Crippen LogP contribution >= 0.6 is 0 Å². The minimum atomic E-state index is -5.08. The van der Waals surface area contributed by atoms with Crippen LogP contribution in [0, 0.1) is 5.41 Å². The molecule has 0 spiro atoms. The van der Waals surface area contributed by atoms with Gasteiger partial charge in [0.25, 0.3) is 5.89 Å². The van der Waals surface area contributed by atoms with Crippen LogP contribution in [0.2, 0.25) is 0 Å². The molecule has 0 saturated heterocycles. The number of alkyl halides is 6. The van der Waals surface area contributed by atoms with E-state index in [9.17, 15) is 41.4 Å². The van der Waals surface area contributed by atoms with Crippen LogP contribution in [0.25, 0.3) is 34.3 Å². The van der Waals surface area contributed by atoms with Crippen LogP contribution in [0.1, 0.15) is 30.1 Å². The number of carboxylic acid groups (broad SMARTS) is 2. The molecular weight excluding hydrogens is 634 g/mol. The molecule has 3 heterocycles. The average molecular weight is 656 g/mol. The fraction of sp³-hybridized carbons (Fsp3) is 0.321. The Hall–Kier alpha value is -4.97. The Morgan fingerprint density at radius 3 is 2.22 bits per heavy atom. The summed E-state index contributed by atoms with van der Waals surface area (Å²) in [5, 5.41) is 37.8. The molecule has 0 bridgehead atoms. The number of rotatable bonds is 7. The molecular formula is C28H22F6N4O8. The van der Waals surface area contributed by atoms with Gasteiger partial charge in [-0.25, -0.2) is 4.79 Å². The minimum absolute atomic E-state index is 0.0194. The SMILES string of the molecule is O=C(O)C(F)(F)F.O=C(O)C1(CN[C@H]2COc3cc(-c4noc(-c5onc(-c6ccccc6)c5C(F)(F)F)n4)ccc3[C@H]2O)CC1. The number of halogens is 6. The van der Waals surface area contributed by atoms with Gasteiger partial charge in [0.15, 0.2) is 0 Å². The summed E-state index contributed by atoms with van der Waals surface area (Å²) in [6.07, 6.45) is -9.69. The fourth-order valence-corrected chi connectivity index (χ4v) is 4.57. The van der Waals surface area contributed by atoms with Gasteiger partial charge in [-0.05, 0) is 18.9 Å². The van der Waals surface area contributed by atoms with Crippen LogP contribution in [0.3, 0.4) is 0 Å². The Kier molecular flexibility index (Phi) is 8.52. The molecule has 1 fully saturated rings. The molecule has 46 heavy (non-hydrogen) atoms. The van der Waals surface area contributed by atoms with E-state index in [2.05, 4.69) is 20.6 Å². The Labute approximate surface area is 253 Å². The largest absolute Gasteiger partial charge is 0.491 e. The Balaban J connectivity index is 0.000000537. The number of nitrogens with one attached hydrogen (secondary N) is 1. The van der Waals surface area contributed by atoms with Crippen molar-refractivity contribution < 1.29 is 65.0 Å². The van der Waals surface area contributed by atoms with Gasteiger partial charge in [-0.3, -0.25) is 4.79 Å². The molecule has 1 aliphatic heterocycles. The second-order valence-corrected chi connectivity index (χ2v) is 10.4. The van der Waals surface area contributed by atoms with E-state index in [1.165, 1.54) is 12.1 Å². The van der Waals surface area contributed by atoms with Crippen molar-refractivity contribution in [3.05, 3.63) is 59.7 Å². The van der Waals surface area contributed by atoms with Crippen molar-refractivity contribution in [3.63, 3.8) is 0 Å². The molecule has 18 heteroatoms. The van der Waals surface area contributed by atoms with Crippen LogP contribution < -0.4 is 10.1 Å². The number of aliphatic carboxylic acids is 2. The number of carbonyl (C=O) groups is 2. The number of hydrogen-bond acceptors (Lipinski definition) is 10. The smallest absolute Gasteiger partial charge is 0.490 e. The van der Waals surface area contributed by atoms with Gasteiger partial charge in [0.1, 0.15) is 29.7 Å². The van der Waals surface area contributed by atoms with Crippen LogP contribution in [-0.2, 0) is 15.8 Å². The van der Waals surface area contributed by atoms with Gasteiger partial charge in [0, 0.05) is 23.2 Å². The van der Waals surface area contributed by atoms with E-state index in [-0.39, 0.29) is 24.5 Å². The van der Waals surface area contributed by atoms with E-state index in [4.69, 9.17) is 23.7 Å². The van der Waals surface area contributed by atoms with Gasteiger partial charge in [-0.15, -0.1) is 0 Å². The summed E-state index contributed by atoms with van der Waals surface area (Å²) in [4.78, 5) is 24.4. The molecule has 0 amide bonds. The fourth-order valence-electron chi connectivity index (χ4n) is 4.57. The second kappa shape index (κ2) is 12.1. The summed E-state index contributed by atoms with van der Waals surface area (Å²) in [7, 11) is 0. The molecule has 1 saturated carbocycles. The lowest BCUT2D eigenvalue weighted by Crippen LogP contribution is -2.46. The summed E-state index contributed by atoms with van der Waals surface area (Å²) >= 11 is 0. The molecule has 2 aromatic carbocycles. The van der Waals surface area contributed by atoms with E-state index in [1.54, 1.807) is 36.4 Å². The summed E-state index contributed by atoms with van der Waals surface area (Å²) in [6.45, 7) is 0.306. The van der Waals surface area contributed by atoms with E-state index >= 15 is 0 Å². The number of aliphatic hydroxyl groups is 1. The first-order chi connectivity index (χ1) is 21.6. The molecule has 4 N–H and O–H groups in total. The number of carboxylic acids is 2. The van der Waals surface area contributed by atoms with Gasteiger partial charge in [-0.2, -0.15) is 31.3 Å². The third kappa shape index (κ3) is 6.66. The Bertz CT molecular complexity index is 1730. The number of nitrogens with zero attached hydrogens (tertiary/aromatic N) is 3. The molecule has 0 radical (unpaired) electrons. The highest BCUT2D eigenvalue weighted by Crippen LogP contribution is 2.46. The monoisotopic (exact) mass is 656 g/mol. The molecule has 6 rings (SSSR count). The lowest BCUT2D eigenvalue weighted by molar-refractivity contribution is -0.192. The molecule has 0 unspecified atom stereocenters. The van der Waals surface area contributed by atoms with Crippen molar-refractivity contribution in [2.24, 2.45) is 5.41 Å². The van der Waals surface area contributed by atoms with Gasteiger partial charge in [-0.1, -0.05) is 52.8 Å². The van der Waals surface area contributed by atoms with Crippen molar-refractivity contribution in [2.75, 3.05) is 13.2 Å². The van der Waals surface area contributed by atoms with Crippen LogP contribution in [0.4, 0.5) is 26.3 Å². The van der Waals surface area contributed by atoms with Gasteiger partial charge >= 0.3 is 24.3 Å². The highest BCUT2D eigenvalue weighted by atomic mass is 19.4. The highest BCUT2D eigenvalue weighted by molar-refractivity contribution is 5.78. The predicted octanol–water partition coefficient (Wildman–Crippen LogP) is 4.96. The summed E-state index contributed by atoms with van der Waals surface area (Å²) in [5.41, 5.74) is -1.26. The first-order valence-corrected chi connectivity index (χ1v) is 13.3. The van der Waals surface area contributed by atoms with Crippen LogP contribution in [0.5, 0.6) is 5.75 Å². The Morgan fingerprint density at radius 2 is 1.63 bits per heavy atom. The first kappa shape index (κ1) is 32.4. The van der Waals surface area contributed by atoms with Crippen molar-refractivity contribution in [1.82, 2.24) is 20.6 Å². The van der Waals surface area contributed by atoms with E-state index in [0.29, 0.717) is 29.7 Å². The number of aliphatic hydroxyl groups excluding tert-OH is 1. The van der Waals surface area contributed by atoms with Gasteiger partial charge in [0.2, 0.25) is 11.6 Å². The van der Waals surface area contributed by atoms with Crippen LogP contribution in [0.15, 0.2) is 57.6 Å². The topological polar surface area (TPSA) is 181 Å². The van der Waals surface area contributed by atoms with E-state index in [1.807, 2.05) is 0 Å². The normalized spacial score (nSPS) is 18.5. The number of ether oxygens (including phenoxy) is 1. The first-order valence-electron chi connectivity index (χ1n) is 13.3. The molecule has 244 valence electrons. The number of aromatic nitrogens is 3. The van der Waals surface area contributed by atoms with Crippen molar-refractivity contribution in [2.45, 2.75) is 37.3 Å². The zero-order chi connectivity index (χ0) is 33.4. The number of hydrogen-bond donors (Lipinski definition) is 4.